The Morgan fingerprint density at radius 2 is 1.48 bits per heavy atom. The summed E-state index contributed by atoms with van der Waals surface area (Å²) in [5.74, 6) is -6.47. The fraction of sp³-hybridized carbons (Fsp3) is 0.265. The van der Waals surface area contributed by atoms with Gasteiger partial charge in [0.25, 0.3) is 5.72 Å². The van der Waals surface area contributed by atoms with Gasteiger partial charge in [-0.15, -0.1) is 11.8 Å². The molecule has 4 aromatic heterocycles. The summed E-state index contributed by atoms with van der Waals surface area (Å²) < 4.78 is 112. The molecule has 12 nitrogen and oxygen atoms in total. The molecule has 1 fully saturated rings. The molecule has 1 aliphatic rings. The number of thioether (sulfide) groups is 1. The van der Waals surface area contributed by atoms with Crippen molar-refractivity contribution in [2.75, 3.05) is 12.9 Å². The van der Waals surface area contributed by atoms with Crippen molar-refractivity contribution in [3.63, 3.8) is 0 Å². The number of aryl methyl sites for hydroxylation is 1. The van der Waals surface area contributed by atoms with Crippen LogP contribution in [0.2, 0.25) is 10.0 Å². The lowest BCUT2D eigenvalue weighted by molar-refractivity contribution is -0.338. The van der Waals surface area contributed by atoms with Gasteiger partial charge in [0.1, 0.15) is 11.9 Å². The Morgan fingerprint density at radius 3 is 2.04 bits per heavy atom. The van der Waals surface area contributed by atoms with Gasteiger partial charge in [-0.05, 0) is 43.5 Å². The Bertz CT molecular complexity index is 2480. The number of halogens is 9. The number of hydrogen-bond acceptors (Lipinski definition) is 10. The zero-order valence-electron chi connectivity index (χ0n) is 28.5. The molecule has 1 aliphatic heterocycles. The summed E-state index contributed by atoms with van der Waals surface area (Å²) in [4.78, 5) is 8.27. The topological polar surface area (TPSA) is 149 Å². The predicted octanol–water partition coefficient (Wildman–Crippen LogP) is 6.49. The van der Waals surface area contributed by atoms with Crippen molar-refractivity contribution >= 4 is 35.0 Å². The van der Waals surface area contributed by atoms with Gasteiger partial charge >= 0.3 is 6.18 Å². The average molecular weight is 846 g/mol. The number of aromatic nitrogens is 8. The largest absolute Gasteiger partial charge is 0.435 e. The van der Waals surface area contributed by atoms with Gasteiger partial charge < -0.3 is 20.1 Å². The monoisotopic (exact) mass is 844 g/mol. The van der Waals surface area contributed by atoms with Crippen molar-refractivity contribution in [3.05, 3.63) is 112 Å². The van der Waals surface area contributed by atoms with Gasteiger partial charge in [0.05, 0.1) is 40.8 Å². The highest BCUT2D eigenvalue weighted by Gasteiger charge is 2.66. The first-order chi connectivity index (χ1) is 26.4. The van der Waals surface area contributed by atoms with Crippen LogP contribution in [0.1, 0.15) is 23.8 Å². The Hall–Kier alpha value is -4.57. The average Bonchev–Trinajstić information content (AvgIpc) is 3.94. The van der Waals surface area contributed by atoms with Crippen molar-refractivity contribution in [1.29, 1.82) is 0 Å². The van der Waals surface area contributed by atoms with Crippen LogP contribution >= 0.6 is 35.0 Å². The van der Waals surface area contributed by atoms with E-state index in [1.807, 2.05) is 0 Å². The van der Waals surface area contributed by atoms with E-state index >= 15 is 8.78 Å². The summed E-state index contributed by atoms with van der Waals surface area (Å²) in [5.41, 5.74) is -9.06. The highest BCUT2D eigenvalue weighted by molar-refractivity contribution is 7.98. The molecule has 0 saturated carbocycles. The summed E-state index contributed by atoms with van der Waals surface area (Å²) in [7, 11) is 0. The van der Waals surface area contributed by atoms with Gasteiger partial charge in [-0.2, -0.15) is 28.5 Å². The summed E-state index contributed by atoms with van der Waals surface area (Å²) in [5, 5.41) is 46.4. The van der Waals surface area contributed by atoms with E-state index in [1.54, 1.807) is 6.26 Å². The molecule has 22 heteroatoms. The predicted molar refractivity (Wildman–Crippen MR) is 186 cm³/mol. The van der Waals surface area contributed by atoms with E-state index in [4.69, 9.17) is 27.9 Å². The van der Waals surface area contributed by atoms with E-state index in [0.29, 0.717) is 4.68 Å². The molecule has 0 aliphatic carbocycles. The van der Waals surface area contributed by atoms with Gasteiger partial charge in [-0.3, -0.25) is 0 Å². The number of alkyl halides is 3. The zero-order valence-corrected chi connectivity index (χ0v) is 30.8. The highest BCUT2D eigenvalue weighted by Crippen LogP contribution is 2.50. The van der Waals surface area contributed by atoms with Gasteiger partial charge in [-0.25, -0.2) is 41.6 Å². The van der Waals surface area contributed by atoms with Crippen LogP contribution in [0.15, 0.2) is 66.2 Å². The Kier molecular flexibility index (Phi) is 10.2. The first-order valence-corrected chi connectivity index (χ1v) is 18.1. The minimum atomic E-state index is -5.09. The molecule has 6 aromatic rings. The third-order valence-corrected chi connectivity index (χ3v) is 10.4. The molecule has 0 radical (unpaired) electrons. The number of hydrogen-bond donors (Lipinski definition) is 3. The quantitative estimate of drug-likeness (QED) is 0.0883. The van der Waals surface area contributed by atoms with Crippen molar-refractivity contribution in [2.24, 2.45) is 0 Å². The zero-order chi connectivity index (χ0) is 40.5. The molecule has 4 atom stereocenters. The first kappa shape index (κ1) is 39.7. The molecule has 294 valence electrons. The molecule has 7 rings (SSSR count). The summed E-state index contributed by atoms with van der Waals surface area (Å²) in [6.45, 7) is 0.353. The van der Waals surface area contributed by atoms with Crippen LogP contribution < -0.4 is 0 Å². The lowest BCUT2D eigenvalue weighted by Gasteiger charge is -2.51. The molecule has 0 bridgehead atoms. The molecule has 56 heavy (non-hydrogen) atoms. The van der Waals surface area contributed by atoms with Crippen molar-refractivity contribution in [1.82, 2.24) is 39.3 Å². The van der Waals surface area contributed by atoms with Crippen molar-refractivity contribution in [3.8, 4) is 27.9 Å². The van der Waals surface area contributed by atoms with Crippen LogP contribution in [-0.4, -0.2) is 79.7 Å². The van der Waals surface area contributed by atoms with Crippen molar-refractivity contribution < 1.29 is 50.8 Å². The van der Waals surface area contributed by atoms with Gasteiger partial charge in [0, 0.05) is 52.2 Å². The smallest absolute Gasteiger partial charge is 0.394 e. The standard InChI is InChI=1S/C34H25Cl2F7N8O4S/c1-15-47-31(51(48-15)23-7-18(56-2)11-44-30(23)34(41,42)43)33(50-13-17(10-46-50)20-4-6-22(36)29(40)27(20)38)32(54,8-24(53)25(14-52)55-33)49-12-16(9-45-49)19-3-5-21(35)28(39)26(19)37/h3-7,9-13,24-25,52-54H,8,14H2,1-2H3/t24-,25-,32-,33?/m0/s1. The van der Waals surface area contributed by atoms with Crippen LogP contribution in [0.25, 0.3) is 27.9 Å². The number of rotatable bonds is 8. The fourth-order valence-corrected chi connectivity index (χ4v) is 7.14. The Labute approximate surface area is 325 Å². The molecule has 5 heterocycles. The minimum absolute atomic E-state index is 0.159. The molecular formula is C34H25Cl2F7N8O4S. The number of ether oxygens (including phenoxy) is 1. The van der Waals surface area contributed by atoms with Gasteiger partial charge in [-0.1, -0.05) is 23.2 Å². The number of benzene rings is 2. The number of pyridine rings is 1. The molecule has 3 N–H and O–H groups in total. The summed E-state index contributed by atoms with van der Waals surface area (Å²) >= 11 is 12.6. The number of aliphatic hydroxyl groups excluding tert-OH is 2. The molecule has 1 unspecified atom stereocenters. The lowest BCUT2D eigenvalue weighted by atomic mass is 9.86. The highest BCUT2D eigenvalue weighted by atomic mass is 35.5. The minimum Gasteiger partial charge on any atom is -0.394 e. The van der Waals surface area contributed by atoms with Crippen LogP contribution in [0, 0.1) is 30.2 Å². The van der Waals surface area contributed by atoms with Gasteiger partial charge in [0.2, 0.25) is 5.72 Å². The third-order valence-electron chi connectivity index (χ3n) is 9.12. The Morgan fingerprint density at radius 1 is 0.911 bits per heavy atom. The van der Waals surface area contributed by atoms with E-state index in [2.05, 4.69) is 25.3 Å². The van der Waals surface area contributed by atoms with E-state index in [0.717, 1.165) is 82.4 Å². The lowest BCUT2D eigenvalue weighted by Crippen LogP contribution is -2.68. The van der Waals surface area contributed by atoms with Crippen molar-refractivity contribution in [2.45, 2.75) is 48.1 Å². The number of nitrogens with zero attached hydrogens (tertiary/aromatic N) is 8. The van der Waals surface area contributed by atoms with Crippen LogP contribution in [-0.2, 0) is 22.4 Å². The number of aliphatic hydroxyl groups is 3. The van der Waals surface area contributed by atoms with E-state index in [9.17, 15) is 37.3 Å². The fourth-order valence-electron chi connectivity index (χ4n) is 6.46. The van der Waals surface area contributed by atoms with Crippen LogP contribution in [0.3, 0.4) is 0 Å². The normalized spacial score (nSPS) is 21.5. The second-order valence-electron chi connectivity index (χ2n) is 12.5. The molecule has 0 spiro atoms. The molecule has 0 amide bonds. The second-order valence-corrected chi connectivity index (χ2v) is 14.2. The van der Waals surface area contributed by atoms with E-state index in [1.165, 1.54) is 6.92 Å². The maximum Gasteiger partial charge on any atom is 0.435 e. The second kappa shape index (κ2) is 14.4. The summed E-state index contributed by atoms with van der Waals surface area (Å²) in [6.07, 6.45) is -2.75. The maximum absolute atomic E-state index is 15.3. The van der Waals surface area contributed by atoms with Crippen LogP contribution in [0.5, 0.6) is 0 Å². The first-order valence-electron chi connectivity index (χ1n) is 16.1. The van der Waals surface area contributed by atoms with E-state index in [-0.39, 0.29) is 27.4 Å². The molecular weight excluding hydrogens is 820 g/mol. The van der Waals surface area contributed by atoms with E-state index < -0.39 is 98.9 Å². The van der Waals surface area contributed by atoms with Crippen LogP contribution in [0.4, 0.5) is 30.7 Å². The maximum atomic E-state index is 15.3. The SMILES string of the molecule is CSc1cnc(C(F)(F)F)c(-n2nc(C)nc2C2(n3cc(-c4ccc(Cl)c(F)c4F)cn3)O[C@@H](CO)[C@@H](O)C[C@@]2(O)n2cc(-c3ccc(Cl)c(F)c3F)cn2)c1. The Balaban J connectivity index is 1.57. The molecule has 1 saturated heterocycles. The summed E-state index contributed by atoms with van der Waals surface area (Å²) in [6, 6.07) is 5.45. The molecule has 2 aromatic carbocycles. The van der Waals surface area contributed by atoms with Gasteiger partial charge in [0.15, 0.2) is 34.8 Å². The third kappa shape index (κ3) is 6.32.